The van der Waals surface area contributed by atoms with Crippen LogP contribution in [-0.2, 0) is 4.43 Å². The molecule has 0 spiro atoms. The van der Waals surface area contributed by atoms with Crippen LogP contribution in [0.15, 0.2) is 12.3 Å². The SMILES string of the molecule is CCC/C=C/O[Si](C)(C)C. The molecule has 0 heterocycles. The first-order valence-corrected chi connectivity index (χ1v) is 7.30. The number of unbranched alkanes of at least 4 members (excludes halogenated alkanes) is 1. The molecule has 0 rings (SSSR count). The third-order valence-corrected chi connectivity index (χ3v) is 1.82. The lowest BCUT2D eigenvalue weighted by Gasteiger charge is -2.14. The van der Waals surface area contributed by atoms with Gasteiger partial charge in [-0.05, 0) is 26.1 Å². The average Bonchev–Trinajstić information content (AvgIpc) is 1.78. The maximum atomic E-state index is 5.49. The van der Waals surface area contributed by atoms with Gasteiger partial charge in [-0.1, -0.05) is 19.4 Å². The number of hydrogen-bond acceptors (Lipinski definition) is 1. The molecule has 0 radical (unpaired) electrons. The van der Waals surface area contributed by atoms with Crippen molar-refractivity contribution in [2.75, 3.05) is 0 Å². The molecule has 0 unspecified atom stereocenters. The molecule has 0 aromatic heterocycles. The van der Waals surface area contributed by atoms with Crippen LogP contribution in [-0.4, -0.2) is 8.32 Å². The topological polar surface area (TPSA) is 9.23 Å². The van der Waals surface area contributed by atoms with E-state index >= 15 is 0 Å². The van der Waals surface area contributed by atoms with Crippen LogP contribution in [0.4, 0.5) is 0 Å². The van der Waals surface area contributed by atoms with Gasteiger partial charge in [0.25, 0.3) is 0 Å². The first-order valence-electron chi connectivity index (χ1n) is 3.89. The average molecular weight is 158 g/mol. The van der Waals surface area contributed by atoms with E-state index in [0.717, 1.165) is 6.42 Å². The normalized spacial score (nSPS) is 12.4. The van der Waals surface area contributed by atoms with Crippen molar-refractivity contribution in [1.82, 2.24) is 0 Å². The fourth-order valence-corrected chi connectivity index (χ4v) is 0.991. The van der Waals surface area contributed by atoms with Gasteiger partial charge < -0.3 is 4.43 Å². The van der Waals surface area contributed by atoms with E-state index in [-0.39, 0.29) is 0 Å². The van der Waals surface area contributed by atoms with Gasteiger partial charge in [0.05, 0.1) is 6.26 Å². The minimum atomic E-state index is -1.29. The summed E-state index contributed by atoms with van der Waals surface area (Å²) >= 11 is 0. The van der Waals surface area contributed by atoms with Gasteiger partial charge in [0, 0.05) is 0 Å². The fourth-order valence-electron chi connectivity index (χ4n) is 0.487. The van der Waals surface area contributed by atoms with Crippen LogP contribution in [0.3, 0.4) is 0 Å². The van der Waals surface area contributed by atoms with Crippen molar-refractivity contribution in [1.29, 1.82) is 0 Å². The Balaban J connectivity index is 3.34. The molecule has 0 aliphatic carbocycles. The molecule has 0 aromatic rings. The Labute approximate surface area is 65.2 Å². The van der Waals surface area contributed by atoms with Crippen LogP contribution in [0, 0.1) is 0 Å². The van der Waals surface area contributed by atoms with Gasteiger partial charge in [0.15, 0.2) is 0 Å². The van der Waals surface area contributed by atoms with E-state index < -0.39 is 8.32 Å². The van der Waals surface area contributed by atoms with Crippen LogP contribution < -0.4 is 0 Å². The van der Waals surface area contributed by atoms with E-state index in [0.29, 0.717) is 0 Å². The molecule has 0 N–H and O–H groups in total. The highest BCUT2D eigenvalue weighted by Gasteiger charge is 2.12. The summed E-state index contributed by atoms with van der Waals surface area (Å²) in [5.74, 6) is 0. The Morgan fingerprint density at radius 3 is 2.30 bits per heavy atom. The monoisotopic (exact) mass is 158 g/mol. The van der Waals surface area contributed by atoms with Gasteiger partial charge in [0.1, 0.15) is 0 Å². The summed E-state index contributed by atoms with van der Waals surface area (Å²) < 4.78 is 5.49. The van der Waals surface area contributed by atoms with Crippen LogP contribution in [0.5, 0.6) is 0 Å². The van der Waals surface area contributed by atoms with E-state index in [9.17, 15) is 0 Å². The van der Waals surface area contributed by atoms with E-state index in [2.05, 4.69) is 32.6 Å². The summed E-state index contributed by atoms with van der Waals surface area (Å²) in [5, 5.41) is 0. The Morgan fingerprint density at radius 1 is 1.30 bits per heavy atom. The molecule has 0 bridgehead atoms. The summed E-state index contributed by atoms with van der Waals surface area (Å²) in [6.07, 6.45) is 6.28. The Bertz CT molecular complexity index is 102. The Hall–Kier alpha value is -0.243. The van der Waals surface area contributed by atoms with Gasteiger partial charge in [0.2, 0.25) is 8.32 Å². The second-order valence-electron chi connectivity index (χ2n) is 3.39. The third kappa shape index (κ3) is 7.76. The fraction of sp³-hybridized carbons (Fsp3) is 0.750. The molecule has 0 aromatic carbocycles. The highest BCUT2D eigenvalue weighted by Crippen LogP contribution is 2.03. The quantitative estimate of drug-likeness (QED) is 0.451. The summed E-state index contributed by atoms with van der Waals surface area (Å²) in [6, 6.07) is 0. The van der Waals surface area contributed by atoms with Crippen molar-refractivity contribution in [3.8, 4) is 0 Å². The van der Waals surface area contributed by atoms with E-state index in [1.54, 1.807) is 0 Å². The lowest BCUT2D eigenvalue weighted by atomic mass is 10.3. The predicted molar refractivity (Wildman–Crippen MR) is 48.5 cm³/mol. The first kappa shape index (κ1) is 9.76. The number of rotatable bonds is 4. The van der Waals surface area contributed by atoms with Gasteiger partial charge in [-0.3, -0.25) is 0 Å². The lowest BCUT2D eigenvalue weighted by molar-refractivity contribution is 0.476. The molecule has 0 saturated carbocycles. The molecule has 60 valence electrons. The standard InChI is InChI=1S/C8H18OSi/c1-5-6-7-8-9-10(2,3)4/h7-8H,5-6H2,1-4H3/b8-7+. The minimum Gasteiger partial charge on any atom is -0.550 e. The molecule has 0 atom stereocenters. The molecule has 10 heavy (non-hydrogen) atoms. The van der Waals surface area contributed by atoms with Gasteiger partial charge in [-0.15, -0.1) is 0 Å². The zero-order valence-electron chi connectivity index (χ0n) is 7.48. The maximum absolute atomic E-state index is 5.49. The van der Waals surface area contributed by atoms with Crippen LogP contribution >= 0.6 is 0 Å². The molecule has 0 aliphatic heterocycles. The Kier molecular flexibility index (Phi) is 4.44. The second kappa shape index (κ2) is 4.55. The maximum Gasteiger partial charge on any atom is 0.241 e. The summed E-state index contributed by atoms with van der Waals surface area (Å²) in [6.45, 7) is 8.72. The third-order valence-electron chi connectivity index (χ3n) is 0.973. The molecular weight excluding hydrogens is 140 g/mol. The Morgan fingerprint density at radius 2 is 1.90 bits per heavy atom. The highest BCUT2D eigenvalue weighted by molar-refractivity contribution is 6.69. The van der Waals surface area contributed by atoms with E-state index in [1.807, 2.05) is 6.26 Å². The van der Waals surface area contributed by atoms with Crippen molar-refractivity contribution in [2.45, 2.75) is 39.4 Å². The highest BCUT2D eigenvalue weighted by atomic mass is 28.4. The van der Waals surface area contributed by atoms with Crippen LogP contribution in [0.25, 0.3) is 0 Å². The summed E-state index contributed by atoms with van der Waals surface area (Å²) in [4.78, 5) is 0. The van der Waals surface area contributed by atoms with Crippen molar-refractivity contribution < 1.29 is 4.43 Å². The summed E-state index contributed by atoms with van der Waals surface area (Å²) in [7, 11) is -1.29. The number of allylic oxidation sites excluding steroid dienone is 1. The van der Waals surface area contributed by atoms with Gasteiger partial charge in [-0.25, -0.2) is 0 Å². The van der Waals surface area contributed by atoms with Gasteiger partial charge >= 0.3 is 0 Å². The zero-order chi connectivity index (χ0) is 8.04. The molecule has 1 nitrogen and oxygen atoms in total. The summed E-state index contributed by atoms with van der Waals surface area (Å²) in [5.41, 5.74) is 0. The lowest BCUT2D eigenvalue weighted by Crippen LogP contribution is -2.21. The zero-order valence-corrected chi connectivity index (χ0v) is 8.48. The van der Waals surface area contributed by atoms with E-state index in [1.165, 1.54) is 6.42 Å². The molecule has 0 aliphatic rings. The van der Waals surface area contributed by atoms with Crippen molar-refractivity contribution in [3.05, 3.63) is 12.3 Å². The smallest absolute Gasteiger partial charge is 0.241 e. The number of hydrogen-bond donors (Lipinski definition) is 0. The predicted octanol–water partition coefficient (Wildman–Crippen LogP) is 3.15. The van der Waals surface area contributed by atoms with Crippen molar-refractivity contribution in [3.63, 3.8) is 0 Å². The molecule has 0 fully saturated rings. The van der Waals surface area contributed by atoms with Crippen molar-refractivity contribution >= 4 is 8.32 Å². The van der Waals surface area contributed by atoms with Crippen LogP contribution in [0.2, 0.25) is 19.6 Å². The van der Waals surface area contributed by atoms with Crippen LogP contribution in [0.1, 0.15) is 19.8 Å². The van der Waals surface area contributed by atoms with E-state index in [4.69, 9.17) is 4.43 Å². The van der Waals surface area contributed by atoms with Gasteiger partial charge in [-0.2, -0.15) is 0 Å². The second-order valence-corrected chi connectivity index (χ2v) is 7.85. The molecule has 0 saturated heterocycles. The first-order chi connectivity index (χ1) is 4.56. The molecular formula is C8H18OSi. The molecule has 2 heteroatoms. The molecule has 0 amide bonds. The van der Waals surface area contributed by atoms with Crippen molar-refractivity contribution in [2.24, 2.45) is 0 Å². The minimum absolute atomic E-state index is 1.13. The largest absolute Gasteiger partial charge is 0.550 e.